The van der Waals surface area contributed by atoms with Crippen LogP contribution >= 0.6 is 0 Å². The number of hydrogen-bond donors (Lipinski definition) is 1. The Bertz CT molecular complexity index is 780. The molecule has 1 aliphatic carbocycles. The van der Waals surface area contributed by atoms with Crippen LogP contribution in [-0.4, -0.2) is 19.7 Å². The van der Waals surface area contributed by atoms with Gasteiger partial charge < -0.3 is 14.1 Å². The first-order valence-corrected chi connectivity index (χ1v) is 9.20. The van der Waals surface area contributed by atoms with E-state index in [1.807, 2.05) is 18.2 Å². The summed E-state index contributed by atoms with van der Waals surface area (Å²) in [4.78, 5) is 13.7. The molecule has 128 valence electrons. The molecule has 4 heteroatoms. The molecule has 2 aliphatic rings. The van der Waals surface area contributed by atoms with Gasteiger partial charge in [-0.05, 0) is 44.2 Å². The summed E-state index contributed by atoms with van der Waals surface area (Å²) >= 11 is 0. The normalized spacial score (nSPS) is 27.0. The van der Waals surface area contributed by atoms with Gasteiger partial charge >= 0.3 is 5.63 Å². The van der Waals surface area contributed by atoms with E-state index in [-0.39, 0.29) is 5.63 Å². The Kier molecular flexibility index (Phi) is 4.31. The van der Waals surface area contributed by atoms with Gasteiger partial charge in [0.2, 0.25) is 0 Å². The molecule has 1 saturated heterocycles. The fraction of sp³-hybridized carbons (Fsp3) is 0.550. The summed E-state index contributed by atoms with van der Waals surface area (Å²) in [5.41, 5.74) is 1.49. The highest BCUT2D eigenvalue weighted by atomic mass is 16.5. The Labute approximate surface area is 142 Å². The lowest BCUT2D eigenvalue weighted by Crippen LogP contribution is -3.16. The third-order valence-corrected chi connectivity index (χ3v) is 5.96. The van der Waals surface area contributed by atoms with Gasteiger partial charge in [-0.1, -0.05) is 6.42 Å². The minimum atomic E-state index is -0.262. The maximum absolute atomic E-state index is 12.0. The molecule has 0 bridgehead atoms. The molecule has 1 saturated carbocycles. The number of quaternary nitrogens is 1. The number of ether oxygens (including phenoxy) is 1. The predicted octanol–water partition coefficient (Wildman–Crippen LogP) is 2.54. The van der Waals surface area contributed by atoms with Gasteiger partial charge in [-0.15, -0.1) is 0 Å². The van der Waals surface area contributed by atoms with Gasteiger partial charge in [-0.2, -0.15) is 0 Å². The van der Waals surface area contributed by atoms with Crippen molar-refractivity contribution in [3.8, 4) is 5.75 Å². The molecule has 0 radical (unpaired) electrons. The summed E-state index contributed by atoms with van der Waals surface area (Å²) in [6.45, 7) is 2.15. The van der Waals surface area contributed by atoms with Gasteiger partial charge in [0.1, 0.15) is 17.9 Å². The Morgan fingerprint density at radius 2 is 2.00 bits per heavy atom. The molecule has 2 heterocycles. The standard InChI is InChI=1S/C20H25NO3/c1-23-16-8-9-17-15(11-20(22)24-19(17)12-16)13-21-10-4-6-14-5-2-3-7-18(14)21/h8-9,11-12,14,18H,2-7,10,13H2,1H3/p+1/t14-,18+/m1/s1. The molecule has 0 amide bonds. The molecular formula is C20H26NO3+. The van der Waals surface area contributed by atoms with Crippen molar-refractivity contribution in [2.75, 3.05) is 13.7 Å². The number of rotatable bonds is 3. The summed E-state index contributed by atoms with van der Waals surface area (Å²) in [5, 5.41) is 1.04. The molecule has 1 aromatic heterocycles. The van der Waals surface area contributed by atoms with Crippen LogP contribution in [0.4, 0.5) is 0 Å². The second-order valence-corrected chi connectivity index (χ2v) is 7.33. The highest BCUT2D eigenvalue weighted by Crippen LogP contribution is 2.29. The van der Waals surface area contributed by atoms with E-state index in [4.69, 9.17) is 9.15 Å². The van der Waals surface area contributed by atoms with E-state index in [1.54, 1.807) is 18.1 Å². The molecule has 2 aromatic rings. The van der Waals surface area contributed by atoms with E-state index in [2.05, 4.69) is 0 Å². The molecule has 1 aromatic carbocycles. The summed E-state index contributed by atoms with van der Waals surface area (Å²) in [6, 6.07) is 8.24. The fourth-order valence-electron chi connectivity index (χ4n) is 4.81. The molecule has 4 nitrogen and oxygen atoms in total. The molecule has 1 aliphatic heterocycles. The average molecular weight is 328 g/mol. The van der Waals surface area contributed by atoms with Gasteiger partial charge in [0.05, 0.1) is 19.7 Å². The van der Waals surface area contributed by atoms with Gasteiger partial charge in [-0.25, -0.2) is 4.79 Å². The predicted molar refractivity (Wildman–Crippen MR) is 93.5 cm³/mol. The molecule has 3 atom stereocenters. The summed E-state index contributed by atoms with van der Waals surface area (Å²) < 4.78 is 10.7. The molecule has 1 unspecified atom stereocenters. The Morgan fingerprint density at radius 1 is 1.17 bits per heavy atom. The van der Waals surface area contributed by atoms with E-state index in [0.29, 0.717) is 5.58 Å². The zero-order valence-corrected chi connectivity index (χ0v) is 14.3. The topological polar surface area (TPSA) is 43.9 Å². The van der Waals surface area contributed by atoms with Crippen molar-refractivity contribution in [2.24, 2.45) is 5.92 Å². The van der Waals surface area contributed by atoms with Crippen molar-refractivity contribution in [2.45, 2.75) is 51.1 Å². The Morgan fingerprint density at radius 3 is 2.88 bits per heavy atom. The van der Waals surface area contributed by atoms with E-state index < -0.39 is 0 Å². The van der Waals surface area contributed by atoms with Crippen LogP contribution in [0.1, 0.15) is 44.1 Å². The number of hydrogen-bond acceptors (Lipinski definition) is 3. The number of likely N-dealkylation sites (tertiary alicyclic amines) is 1. The molecule has 4 rings (SSSR count). The van der Waals surface area contributed by atoms with Crippen LogP contribution in [0.5, 0.6) is 5.75 Å². The van der Waals surface area contributed by atoms with Crippen LogP contribution in [0, 0.1) is 5.92 Å². The van der Waals surface area contributed by atoms with Crippen molar-refractivity contribution in [3.05, 3.63) is 40.2 Å². The van der Waals surface area contributed by atoms with Crippen LogP contribution < -0.4 is 15.3 Å². The molecule has 24 heavy (non-hydrogen) atoms. The number of benzene rings is 1. The number of nitrogens with one attached hydrogen (secondary N) is 1. The van der Waals surface area contributed by atoms with Crippen LogP contribution in [0.2, 0.25) is 0 Å². The van der Waals surface area contributed by atoms with Crippen molar-refractivity contribution in [1.82, 2.24) is 0 Å². The number of fused-ring (bicyclic) bond motifs is 2. The summed E-state index contributed by atoms with van der Waals surface area (Å²) in [7, 11) is 1.63. The summed E-state index contributed by atoms with van der Waals surface area (Å²) in [6.07, 6.45) is 8.19. The first-order valence-electron chi connectivity index (χ1n) is 9.20. The molecule has 1 N–H and O–H groups in total. The van der Waals surface area contributed by atoms with E-state index in [1.165, 1.54) is 45.1 Å². The van der Waals surface area contributed by atoms with Crippen molar-refractivity contribution in [1.29, 1.82) is 0 Å². The maximum Gasteiger partial charge on any atom is 0.336 e. The molecule has 0 spiro atoms. The second kappa shape index (κ2) is 6.60. The van der Waals surface area contributed by atoms with Crippen LogP contribution in [0.15, 0.2) is 33.5 Å². The zero-order chi connectivity index (χ0) is 16.5. The smallest absolute Gasteiger partial charge is 0.336 e. The fourth-order valence-corrected chi connectivity index (χ4v) is 4.81. The Hall–Kier alpha value is -1.81. The van der Waals surface area contributed by atoms with E-state index in [9.17, 15) is 4.79 Å². The average Bonchev–Trinajstić information content (AvgIpc) is 2.61. The lowest BCUT2D eigenvalue weighted by molar-refractivity contribution is -0.949. The van der Waals surface area contributed by atoms with Crippen LogP contribution in [-0.2, 0) is 6.54 Å². The minimum Gasteiger partial charge on any atom is -0.497 e. The maximum atomic E-state index is 12.0. The lowest BCUT2D eigenvalue weighted by atomic mass is 9.78. The second-order valence-electron chi connectivity index (χ2n) is 7.33. The van der Waals surface area contributed by atoms with Crippen molar-refractivity contribution in [3.63, 3.8) is 0 Å². The first kappa shape index (κ1) is 15.7. The van der Waals surface area contributed by atoms with Gasteiger partial charge in [0, 0.05) is 29.0 Å². The third kappa shape index (κ3) is 2.95. The monoisotopic (exact) mass is 328 g/mol. The van der Waals surface area contributed by atoms with E-state index in [0.717, 1.165) is 35.2 Å². The zero-order valence-electron chi connectivity index (χ0n) is 14.3. The largest absolute Gasteiger partial charge is 0.497 e. The Balaban J connectivity index is 1.67. The van der Waals surface area contributed by atoms with Crippen molar-refractivity contribution < 1.29 is 14.1 Å². The summed E-state index contributed by atoms with van der Waals surface area (Å²) in [5.74, 6) is 1.61. The number of methoxy groups -OCH3 is 1. The lowest BCUT2D eigenvalue weighted by Gasteiger charge is -2.41. The highest BCUT2D eigenvalue weighted by Gasteiger charge is 2.36. The minimum absolute atomic E-state index is 0.262. The first-order chi connectivity index (χ1) is 11.7. The SMILES string of the molecule is COc1ccc2c(C[NH+]3CCC[C@H]4CCCC[C@@H]43)cc(=O)oc2c1. The third-order valence-electron chi connectivity index (χ3n) is 5.96. The van der Waals surface area contributed by atoms with E-state index >= 15 is 0 Å². The van der Waals surface area contributed by atoms with Gasteiger partial charge in [-0.3, -0.25) is 0 Å². The molecule has 2 fully saturated rings. The molecular weight excluding hydrogens is 302 g/mol. The van der Waals surface area contributed by atoms with Crippen LogP contribution in [0.25, 0.3) is 11.0 Å². The van der Waals surface area contributed by atoms with Crippen molar-refractivity contribution >= 4 is 11.0 Å². The highest BCUT2D eigenvalue weighted by molar-refractivity contribution is 5.81. The van der Waals surface area contributed by atoms with Crippen LogP contribution in [0.3, 0.4) is 0 Å². The quantitative estimate of drug-likeness (QED) is 0.881. The van der Waals surface area contributed by atoms with Gasteiger partial charge in [0.25, 0.3) is 0 Å². The number of piperidine rings is 1. The van der Waals surface area contributed by atoms with Gasteiger partial charge in [0.15, 0.2) is 0 Å².